The van der Waals surface area contributed by atoms with Gasteiger partial charge in [-0.25, -0.2) is 0 Å². The van der Waals surface area contributed by atoms with Crippen LogP contribution in [-0.4, -0.2) is 0 Å². The van der Waals surface area contributed by atoms with Gasteiger partial charge in [0.25, 0.3) is 0 Å². The van der Waals surface area contributed by atoms with Crippen molar-refractivity contribution in [2.75, 3.05) is 0 Å². The van der Waals surface area contributed by atoms with Crippen LogP contribution in [0.1, 0.15) is 12.5 Å². The number of hydrogen-bond acceptors (Lipinski definition) is 0. The van der Waals surface area contributed by atoms with Gasteiger partial charge in [0.1, 0.15) is 0 Å². The van der Waals surface area contributed by atoms with Crippen LogP contribution in [0.4, 0.5) is 0 Å². The van der Waals surface area contributed by atoms with Crippen molar-refractivity contribution >= 4 is 17.0 Å². The minimum absolute atomic E-state index is 0. The van der Waals surface area contributed by atoms with E-state index in [4.69, 9.17) is 0 Å². The van der Waals surface area contributed by atoms with Crippen molar-refractivity contribution in [2.24, 2.45) is 0 Å². The van der Waals surface area contributed by atoms with E-state index >= 15 is 0 Å². The molecule has 0 saturated heterocycles. The van der Waals surface area contributed by atoms with Crippen molar-refractivity contribution in [1.29, 1.82) is 0 Å². The molecule has 0 aliphatic carbocycles. The molecule has 0 heterocycles. The van der Waals surface area contributed by atoms with Crippen LogP contribution < -0.4 is 0 Å². The van der Waals surface area contributed by atoms with Crippen molar-refractivity contribution in [1.82, 2.24) is 0 Å². The topological polar surface area (TPSA) is 0 Å². The summed E-state index contributed by atoms with van der Waals surface area (Å²) < 4.78 is 0. The van der Waals surface area contributed by atoms with Crippen LogP contribution in [0.25, 0.3) is 0 Å². The van der Waals surface area contributed by atoms with Crippen molar-refractivity contribution in [3.05, 3.63) is 42.3 Å². The van der Waals surface area contributed by atoms with Gasteiger partial charge in [-0.3, -0.25) is 0 Å². The van der Waals surface area contributed by atoms with Gasteiger partial charge in [0.2, 0.25) is 0 Å². The molecule has 0 radical (unpaired) electrons. The van der Waals surface area contributed by atoms with Gasteiger partial charge in [0.05, 0.1) is 0 Å². The Morgan fingerprint density at radius 1 is 1.10 bits per heavy atom. The standard InChI is InChI=1S/C8H9.BrH.Zn/c1-2-8-6-4-3-5-7-8;;/h2-7H,1H3;1H;/q-1;;. The molecule has 1 aromatic rings. The van der Waals surface area contributed by atoms with Crippen LogP contribution in [0, 0.1) is 6.42 Å². The van der Waals surface area contributed by atoms with Gasteiger partial charge in [-0.2, -0.15) is 24.1 Å². The number of hydrogen-bond donors (Lipinski definition) is 0. The molecule has 0 spiro atoms. The Morgan fingerprint density at radius 2 is 1.60 bits per heavy atom. The fourth-order valence-corrected chi connectivity index (χ4v) is 0.645. The summed E-state index contributed by atoms with van der Waals surface area (Å²) in [6.07, 6.45) is 2.08. The second kappa shape index (κ2) is 7.30. The summed E-state index contributed by atoms with van der Waals surface area (Å²) >= 11 is 0. The summed E-state index contributed by atoms with van der Waals surface area (Å²) in [5, 5.41) is 0. The molecule has 0 fully saturated rings. The maximum atomic E-state index is 2.08. The van der Waals surface area contributed by atoms with Crippen molar-refractivity contribution in [3.8, 4) is 0 Å². The molecule has 0 amide bonds. The van der Waals surface area contributed by atoms with E-state index in [1.54, 1.807) is 0 Å². The largest absolute Gasteiger partial charge is 0.192 e. The molecule has 0 aliphatic rings. The SMILES string of the molecule is Br.C[CH-]c1ccccc1.[Zn]. The number of benzene rings is 1. The Bertz CT molecular complexity index is 151. The molecule has 0 bridgehead atoms. The van der Waals surface area contributed by atoms with Crippen molar-refractivity contribution in [3.63, 3.8) is 0 Å². The maximum Gasteiger partial charge on any atom is 0 e. The summed E-state index contributed by atoms with van der Waals surface area (Å²) in [5.74, 6) is 0. The van der Waals surface area contributed by atoms with Gasteiger partial charge in [-0.05, 0) is 0 Å². The molecular formula is C8H10BrZn-. The summed E-state index contributed by atoms with van der Waals surface area (Å²) in [5.41, 5.74) is 1.28. The molecule has 0 saturated carbocycles. The molecule has 0 atom stereocenters. The third-order valence-corrected chi connectivity index (χ3v) is 1.13. The van der Waals surface area contributed by atoms with Gasteiger partial charge in [0.15, 0.2) is 0 Å². The Balaban J connectivity index is 0. The first-order valence-electron chi connectivity index (χ1n) is 2.78. The normalized spacial score (nSPS) is 6.90. The fraction of sp³-hybridized carbons (Fsp3) is 0.125. The Hall–Kier alpha value is 0.193. The van der Waals surface area contributed by atoms with Gasteiger partial charge in [-0.15, -0.1) is 29.1 Å². The molecule has 52 valence electrons. The minimum atomic E-state index is 0. The molecule has 0 N–H and O–H groups in total. The molecule has 1 aromatic carbocycles. The van der Waals surface area contributed by atoms with Gasteiger partial charge >= 0.3 is 0 Å². The molecular weight excluding hydrogens is 241 g/mol. The summed E-state index contributed by atoms with van der Waals surface area (Å²) in [4.78, 5) is 0. The molecule has 2 heteroatoms. The molecule has 1 rings (SSSR count). The van der Waals surface area contributed by atoms with Gasteiger partial charge in [0, 0.05) is 19.5 Å². The average molecular weight is 251 g/mol. The van der Waals surface area contributed by atoms with E-state index in [9.17, 15) is 0 Å². The van der Waals surface area contributed by atoms with E-state index in [-0.39, 0.29) is 36.5 Å². The second-order valence-electron chi connectivity index (χ2n) is 1.70. The number of rotatable bonds is 1. The molecule has 10 heavy (non-hydrogen) atoms. The van der Waals surface area contributed by atoms with Gasteiger partial charge in [-0.1, -0.05) is 13.0 Å². The van der Waals surface area contributed by atoms with Crippen molar-refractivity contribution in [2.45, 2.75) is 6.92 Å². The predicted octanol–water partition coefficient (Wildman–Crippen LogP) is 2.83. The fourth-order valence-electron chi connectivity index (χ4n) is 0.645. The third kappa shape index (κ3) is 4.08. The van der Waals surface area contributed by atoms with E-state index in [2.05, 4.69) is 18.6 Å². The average Bonchev–Trinajstić information content (AvgIpc) is 1.90. The monoisotopic (exact) mass is 249 g/mol. The Morgan fingerprint density at radius 3 is 1.90 bits per heavy atom. The summed E-state index contributed by atoms with van der Waals surface area (Å²) in [7, 11) is 0. The Labute approximate surface area is 85.6 Å². The first-order chi connectivity index (χ1) is 3.93. The molecule has 0 aliphatic heterocycles. The van der Waals surface area contributed by atoms with Gasteiger partial charge < -0.3 is 0 Å². The first kappa shape index (κ1) is 12.8. The zero-order chi connectivity index (χ0) is 5.82. The maximum absolute atomic E-state index is 2.08. The van der Waals surface area contributed by atoms with Crippen LogP contribution in [0.3, 0.4) is 0 Å². The minimum Gasteiger partial charge on any atom is -0.192 e. The van der Waals surface area contributed by atoms with Crippen molar-refractivity contribution < 1.29 is 19.5 Å². The summed E-state index contributed by atoms with van der Waals surface area (Å²) in [6.45, 7) is 2.04. The second-order valence-corrected chi connectivity index (χ2v) is 1.70. The van der Waals surface area contributed by atoms with E-state index in [1.807, 2.05) is 25.1 Å². The third-order valence-electron chi connectivity index (χ3n) is 1.13. The van der Waals surface area contributed by atoms with Crippen LogP contribution in [0.5, 0.6) is 0 Å². The van der Waals surface area contributed by atoms with E-state index < -0.39 is 0 Å². The first-order valence-corrected chi connectivity index (χ1v) is 2.78. The number of halogens is 1. The molecule has 0 unspecified atom stereocenters. The van der Waals surface area contributed by atoms with Crippen LogP contribution >= 0.6 is 17.0 Å². The smallest absolute Gasteiger partial charge is 0 e. The quantitative estimate of drug-likeness (QED) is 0.532. The zero-order valence-electron chi connectivity index (χ0n) is 6.08. The van der Waals surface area contributed by atoms with E-state index in [0.29, 0.717) is 0 Å². The van der Waals surface area contributed by atoms with E-state index in [0.717, 1.165) is 0 Å². The predicted molar refractivity (Wildman–Crippen MR) is 45.8 cm³/mol. The van der Waals surface area contributed by atoms with Crippen LogP contribution in [0.2, 0.25) is 0 Å². The van der Waals surface area contributed by atoms with Crippen LogP contribution in [-0.2, 0) is 19.5 Å². The summed E-state index contributed by atoms with van der Waals surface area (Å²) in [6, 6.07) is 10.3. The van der Waals surface area contributed by atoms with E-state index in [1.165, 1.54) is 5.56 Å². The molecule has 0 aromatic heterocycles. The molecule has 0 nitrogen and oxygen atoms in total. The Kier molecular flexibility index (Phi) is 9.37. The van der Waals surface area contributed by atoms with Crippen LogP contribution in [0.15, 0.2) is 30.3 Å². The zero-order valence-corrected chi connectivity index (χ0v) is 10.8.